The molecule has 1 fully saturated rings. The Hall–Kier alpha value is -2.96. The molecule has 0 bridgehead atoms. The van der Waals surface area contributed by atoms with E-state index in [1.165, 1.54) is 4.90 Å². The second-order valence-corrected chi connectivity index (χ2v) is 9.14. The van der Waals surface area contributed by atoms with E-state index in [0.717, 1.165) is 42.6 Å². The number of anilines is 1. The van der Waals surface area contributed by atoms with Gasteiger partial charge in [0.25, 0.3) is 5.91 Å². The van der Waals surface area contributed by atoms with Crippen LogP contribution < -0.4 is 15.5 Å². The number of piperazine rings is 1. The molecule has 3 rings (SSSR count). The van der Waals surface area contributed by atoms with Crippen LogP contribution in [0.5, 0.6) is 0 Å². The fraction of sp³-hybridized carbons (Fsp3) is 0.478. The number of rotatable bonds is 8. The lowest BCUT2D eigenvalue weighted by atomic mass is 10.0. The molecule has 2 amide bonds. The Labute approximate surface area is 193 Å². The molecule has 0 saturated carbocycles. The summed E-state index contributed by atoms with van der Waals surface area (Å²) in [6, 6.07) is 8.61. The predicted octanol–water partition coefficient (Wildman–Crippen LogP) is 2.35. The molecule has 0 radical (unpaired) electrons. The van der Waals surface area contributed by atoms with Gasteiger partial charge in [0, 0.05) is 49.7 Å². The predicted molar refractivity (Wildman–Crippen MR) is 127 cm³/mol. The number of carbonyl (C=O) groups excluding carboxylic acids is 2. The zero-order valence-electron chi connectivity index (χ0n) is 18.8. The smallest absolute Gasteiger partial charge is 0.252 e. The number of likely N-dealkylation sites (N-methyl/N-ethyl adjacent to an activating group) is 1. The molecule has 1 saturated heterocycles. The Bertz CT molecular complexity index is 977. The van der Waals surface area contributed by atoms with Gasteiger partial charge >= 0.3 is 0 Å². The van der Waals surface area contributed by atoms with Crippen LogP contribution in [0, 0.1) is 17.2 Å². The Balaban J connectivity index is 1.82. The molecule has 170 valence electrons. The van der Waals surface area contributed by atoms with Crippen LogP contribution in [0.2, 0.25) is 0 Å². The minimum Gasteiger partial charge on any atom is -0.346 e. The first kappa shape index (κ1) is 23.7. The van der Waals surface area contributed by atoms with Crippen LogP contribution in [-0.4, -0.2) is 67.5 Å². The van der Waals surface area contributed by atoms with E-state index in [0.29, 0.717) is 12.0 Å². The molecule has 2 aromatic rings. The number of nitriles is 1. The van der Waals surface area contributed by atoms with Crippen molar-refractivity contribution < 1.29 is 9.59 Å². The molecule has 1 aliphatic heterocycles. The number of thiazole rings is 1. The first-order chi connectivity index (χ1) is 15.4. The van der Waals surface area contributed by atoms with Crippen molar-refractivity contribution in [1.29, 1.82) is 5.26 Å². The summed E-state index contributed by atoms with van der Waals surface area (Å²) >= 11 is 1.57. The van der Waals surface area contributed by atoms with Gasteiger partial charge in [-0.15, -0.1) is 11.3 Å². The van der Waals surface area contributed by atoms with Gasteiger partial charge in [-0.25, -0.2) is 4.98 Å². The molecular weight excluding hydrogens is 424 g/mol. The first-order valence-corrected chi connectivity index (χ1v) is 11.7. The molecule has 32 heavy (non-hydrogen) atoms. The third-order valence-corrected chi connectivity index (χ3v) is 6.22. The van der Waals surface area contributed by atoms with Crippen LogP contribution in [0.25, 0.3) is 11.3 Å². The van der Waals surface area contributed by atoms with Crippen molar-refractivity contribution >= 4 is 28.3 Å². The fourth-order valence-electron chi connectivity index (χ4n) is 3.67. The number of hydrogen-bond donors (Lipinski definition) is 2. The van der Waals surface area contributed by atoms with Gasteiger partial charge in [-0.2, -0.15) is 5.26 Å². The van der Waals surface area contributed by atoms with Gasteiger partial charge in [0.05, 0.1) is 11.8 Å². The number of nitrogens with zero attached hydrogens (tertiary/aromatic N) is 4. The molecule has 0 unspecified atom stereocenters. The lowest BCUT2D eigenvalue weighted by Crippen LogP contribution is -2.48. The minimum absolute atomic E-state index is 0.0203. The lowest BCUT2D eigenvalue weighted by molar-refractivity contribution is -0.131. The maximum atomic E-state index is 13.2. The van der Waals surface area contributed by atoms with Crippen molar-refractivity contribution in [2.45, 2.75) is 26.3 Å². The molecule has 1 aromatic carbocycles. The SMILES string of the molecule is CC(C)C[C@H](NC(=O)c1ccccc1-c1csc(N2CCNCC2)n1)C(=O)N(C)CC#N. The van der Waals surface area contributed by atoms with E-state index in [1.807, 2.05) is 43.5 Å². The topological polar surface area (TPSA) is 101 Å². The minimum atomic E-state index is -0.694. The maximum absolute atomic E-state index is 13.2. The second-order valence-electron chi connectivity index (χ2n) is 8.31. The van der Waals surface area contributed by atoms with E-state index in [4.69, 9.17) is 10.2 Å². The van der Waals surface area contributed by atoms with E-state index >= 15 is 0 Å². The molecule has 1 aliphatic rings. The Morgan fingerprint density at radius 3 is 2.72 bits per heavy atom. The third kappa shape index (κ3) is 5.84. The standard InChI is InChI=1S/C23H30N6O2S/c1-16(2)14-19(22(31)28(3)11-8-24)26-21(30)18-7-5-4-6-17(18)20-15-32-23(27-20)29-12-9-25-10-13-29/h4-7,15-16,19,25H,9-14H2,1-3H3,(H,26,30)/t19-/m0/s1. The highest BCUT2D eigenvalue weighted by Crippen LogP contribution is 2.30. The molecule has 0 aliphatic carbocycles. The zero-order chi connectivity index (χ0) is 23.1. The number of hydrogen-bond acceptors (Lipinski definition) is 7. The molecule has 9 heteroatoms. The summed E-state index contributed by atoms with van der Waals surface area (Å²) in [6.07, 6.45) is 0.492. The van der Waals surface area contributed by atoms with Crippen LogP contribution in [-0.2, 0) is 4.79 Å². The van der Waals surface area contributed by atoms with Gasteiger partial charge in [-0.05, 0) is 18.4 Å². The van der Waals surface area contributed by atoms with Gasteiger partial charge in [-0.1, -0.05) is 32.0 Å². The molecule has 1 aromatic heterocycles. The normalized spacial score (nSPS) is 14.7. The van der Waals surface area contributed by atoms with E-state index in [2.05, 4.69) is 15.5 Å². The molecule has 8 nitrogen and oxygen atoms in total. The van der Waals surface area contributed by atoms with Crippen molar-refractivity contribution in [2.24, 2.45) is 5.92 Å². The van der Waals surface area contributed by atoms with Crippen molar-refractivity contribution in [2.75, 3.05) is 44.7 Å². The van der Waals surface area contributed by atoms with E-state index in [9.17, 15) is 9.59 Å². The lowest BCUT2D eigenvalue weighted by Gasteiger charge is -2.26. The highest BCUT2D eigenvalue weighted by molar-refractivity contribution is 7.14. The van der Waals surface area contributed by atoms with Gasteiger partial charge in [0.1, 0.15) is 12.6 Å². The summed E-state index contributed by atoms with van der Waals surface area (Å²) in [4.78, 5) is 34.4. The Morgan fingerprint density at radius 1 is 1.31 bits per heavy atom. The zero-order valence-corrected chi connectivity index (χ0v) is 19.6. The van der Waals surface area contributed by atoms with Crippen LogP contribution in [0.4, 0.5) is 5.13 Å². The highest BCUT2D eigenvalue weighted by Gasteiger charge is 2.26. The van der Waals surface area contributed by atoms with Crippen LogP contribution in [0.3, 0.4) is 0 Å². The monoisotopic (exact) mass is 454 g/mol. The van der Waals surface area contributed by atoms with E-state index < -0.39 is 6.04 Å². The first-order valence-electron chi connectivity index (χ1n) is 10.8. The maximum Gasteiger partial charge on any atom is 0.252 e. The fourth-order valence-corrected chi connectivity index (χ4v) is 4.55. The molecule has 2 N–H and O–H groups in total. The number of benzene rings is 1. The third-order valence-electron chi connectivity index (χ3n) is 5.32. The summed E-state index contributed by atoms with van der Waals surface area (Å²) in [5.41, 5.74) is 1.97. The van der Waals surface area contributed by atoms with Crippen molar-refractivity contribution in [3.8, 4) is 17.3 Å². The quantitative estimate of drug-likeness (QED) is 0.594. The van der Waals surface area contributed by atoms with E-state index in [1.54, 1.807) is 24.5 Å². The van der Waals surface area contributed by atoms with Crippen LogP contribution in [0.1, 0.15) is 30.6 Å². The number of nitrogens with one attached hydrogen (secondary N) is 2. The molecule has 0 spiro atoms. The van der Waals surface area contributed by atoms with Crippen molar-refractivity contribution in [3.63, 3.8) is 0 Å². The van der Waals surface area contributed by atoms with Gasteiger partial charge in [0.2, 0.25) is 5.91 Å². The van der Waals surface area contributed by atoms with Crippen molar-refractivity contribution in [1.82, 2.24) is 20.5 Å². The van der Waals surface area contributed by atoms with E-state index in [-0.39, 0.29) is 24.3 Å². The summed E-state index contributed by atoms with van der Waals surface area (Å²) in [5.74, 6) is -0.377. The van der Waals surface area contributed by atoms with Crippen LogP contribution >= 0.6 is 11.3 Å². The van der Waals surface area contributed by atoms with Crippen molar-refractivity contribution in [3.05, 3.63) is 35.2 Å². The highest BCUT2D eigenvalue weighted by atomic mass is 32.1. The van der Waals surface area contributed by atoms with Crippen LogP contribution in [0.15, 0.2) is 29.6 Å². The summed E-state index contributed by atoms with van der Waals surface area (Å²) in [5, 5.41) is 18.1. The average molecular weight is 455 g/mol. The molecule has 1 atom stereocenters. The second kappa shape index (κ2) is 11.1. The van der Waals surface area contributed by atoms with Gasteiger partial charge in [-0.3, -0.25) is 9.59 Å². The average Bonchev–Trinajstić information content (AvgIpc) is 3.29. The number of carbonyl (C=O) groups is 2. The molecule has 2 heterocycles. The number of aromatic nitrogens is 1. The molecular formula is C23H30N6O2S. The number of amides is 2. The van der Waals surface area contributed by atoms with Gasteiger partial charge < -0.3 is 20.4 Å². The Morgan fingerprint density at radius 2 is 2.03 bits per heavy atom. The summed E-state index contributed by atoms with van der Waals surface area (Å²) in [7, 11) is 1.58. The van der Waals surface area contributed by atoms with Gasteiger partial charge in [0.15, 0.2) is 5.13 Å². The largest absolute Gasteiger partial charge is 0.346 e. The Kier molecular flexibility index (Phi) is 8.20. The summed E-state index contributed by atoms with van der Waals surface area (Å²) in [6.45, 7) is 7.65. The summed E-state index contributed by atoms with van der Waals surface area (Å²) < 4.78 is 0.